The summed E-state index contributed by atoms with van der Waals surface area (Å²) in [5.74, 6) is 0.515. The van der Waals surface area contributed by atoms with E-state index in [-0.39, 0.29) is 6.04 Å². The Labute approximate surface area is 86.8 Å². The van der Waals surface area contributed by atoms with Crippen molar-refractivity contribution in [2.75, 3.05) is 6.54 Å². The summed E-state index contributed by atoms with van der Waals surface area (Å²) in [5, 5.41) is 1.06. The number of hydrogen-bond acceptors (Lipinski definition) is 2. The summed E-state index contributed by atoms with van der Waals surface area (Å²) in [4.78, 5) is 0. The molecule has 2 atom stereocenters. The highest BCUT2D eigenvalue weighted by Gasteiger charge is 2.31. The van der Waals surface area contributed by atoms with Gasteiger partial charge in [-0.15, -0.1) is 0 Å². The van der Waals surface area contributed by atoms with E-state index < -0.39 is 10.0 Å². The van der Waals surface area contributed by atoms with Crippen molar-refractivity contribution in [2.24, 2.45) is 5.92 Å². The predicted octanol–water partition coefficient (Wildman–Crippen LogP) is 1.97. The maximum Gasteiger partial charge on any atom is 0.235 e. The molecule has 4 heteroatoms. The van der Waals surface area contributed by atoms with Crippen LogP contribution in [0.1, 0.15) is 33.1 Å². The van der Waals surface area contributed by atoms with Gasteiger partial charge >= 0.3 is 0 Å². The van der Waals surface area contributed by atoms with Crippen molar-refractivity contribution in [2.45, 2.75) is 39.2 Å². The molecule has 0 N–H and O–H groups in total. The fourth-order valence-corrected chi connectivity index (χ4v) is 3.15. The highest BCUT2D eigenvalue weighted by Crippen LogP contribution is 2.26. The van der Waals surface area contributed by atoms with Crippen LogP contribution in [-0.4, -0.2) is 25.3 Å². The molecule has 1 aliphatic heterocycles. The molecule has 0 radical (unpaired) electrons. The first-order valence-corrected chi connectivity index (χ1v) is 6.65. The van der Waals surface area contributed by atoms with Crippen LogP contribution in [0.2, 0.25) is 0 Å². The summed E-state index contributed by atoms with van der Waals surface area (Å²) < 4.78 is 24.8. The average Bonchev–Trinajstić information content (AvgIpc) is 2.18. The molecule has 0 unspecified atom stereocenters. The van der Waals surface area contributed by atoms with Crippen molar-refractivity contribution in [3.05, 3.63) is 12.0 Å². The summed E-state index contributed by atoms with van der Waals surface area (Å²) in [6.07, 6.45) is 3.16. The first-order chi connectivity index (χ1) is 6.51. The number of piperidine rings is 1. The Balaban J connectivity index is 2.80. The van der Waals surface area contributed by atoms with Gasteiger partial charge in [0, 0.05) is 18.0 Å². The molecule has 1 fully saturated rings. The molecule has 0 aromatic rings. The fraction of sp³-hybridized carbons (Fsp3) is 0.800. The Morgan fingerprint density at radius 1 is 1.50 bits per heavy atom. The van der Waals surface area contributed by atoms with Crippen molar-refractivity contribution >= 4 is 10.0 Å². The summed E-state index contributed by atoms with van der Waals surface area (Å²) >= 11 is 0. The molecule has 14 heavy (non-hydrogen) atoms. The number of hydrogen-bond donors (Lipinski definition) is 0. The van der Waals surface area contributed by atoms with E-state index in [4.69, 9.17) is 0 Å². The highest BCUT2D eigenvalue weighted by atomic mass is 32.2. The normalized spacial score (nSPS) is 30.1. The van der Waals surface area contributed by atoms with E-state index >= 15 is 0 Å². The largest absolute Gasteiger partial charge is 0.235 e. The second kappa shape index (κ2) is 4.45. The van der Waals surface area contributed by atoms with Gasteiger partial charge in [0.05, 0.1) is 0 Å². The smallest absolute Gasteiger partial charge is 0.208 e. The molecule has 0 aliphatic carbocycles. The summed E-state index contributed by atoms with van der Waals surface area (Å²) in [7, 11) is -3.22. The van der Waals surface area contributed by atoms with Crippen molar-refractivity contribution in [3.63, 3.8) is 0 Å². The van der Waals surface area contributed by atoms with Crippen LogP contribution < -0.4 is 0 Å². The topological polar surface area (TPSA) is 37.4 Å². The van der Waals surface area contributed by atoms with Gasteiger partial charge < -0.3 is 0 Å². The molecule has 0 saturated carbocycles. The number of rotatable bonds is 3. The quantitative estimate of drug-likeness (QED) is 0.725. The van der Waals surface area contributed by atoms with E-state index in [1.807, 2.05) is 6.92 Å². The molecule has 82 valence electrons. The van der Waals surface area contributed by atoms with E-state index in [0.717, 1.165) is 24.7 Å². The minimum atomic E-state index is -3.22. The van der Waals surface area contributed by atoms with E-state index in [1.54, 1.807) is 4.31 Å². The van der Waals surface area contributed by atoms with Gasteiger partial charge in [0.2, 0.25) is 10.0 Å². The van der Waals surface area contributed by atoms with Crippen LogP contribution in [0.3, 0.4) is 0 Å². The number of nitrogens with zero attached hydrogens (tertiary/aromatic N) is 1. The second-order valence-electron chi connectivity index (χ2n) is 3.98. The van der Waals surface area contributed by atoms with Gasteiger partial charge in [0.25, 0.3) is 0 Å². The second-order valence-corrected chi connectivity index (χ2v) is 5.81. The van der Waals surface area contributed by atoms with E-state index in [2.05, 4.69) is 13.5 Å². The molecule has 0 aromatic carbocycles. The minimum Gasteiger partial charge on any atom is -0.208 e. The van der Waals surface area contributed by atoms with Gasteiger partial charge in [0.1, 0.15) is 0 Å². The Morgan fingerprint density at radius 3 is 2.64 bits per heavy atom. The zero-order valence-corrected chi connectivity index (χ0v) is 9.76. The van der Waals surface area contributed by atoms with E-state index in [0.29, 0.717) is 12.5 Å². The molecule has 1 aliphatic rings. The summed E-state index contributed by atoms with van der Waals surface area (Å²) in [6, 6.07) is 0.126. The summed E-state index contributed by atoms with van der Waals surface area (Å²) in [6.45, 7) is 8.10. The van der Waals surface area contributed by atoms with Crippen molar-refractivity contribution < 1.29 is 8.42 Å². The first kappa shape index (κ1) is 11.7. The Bertz CT molecular complexity index is 297. The van der Waals surface area contributed by atoms with E-state index in [1.165, 1.54) is 0 Å². The van der Waals surface area contributed by atoms with Gasteiger partial charge in [-0.2, -0.15) is 4.31 Å². The van der Waals surface area contributed by atoms with Crippen LogP contribution in [0, 0.1) is 5.92 Å². The molecular formula is C10H19NO2S. The third kappa shape index (κ3) is 2.36. The van der Waals surface area contributed by atoms with Crippen molar-refractivity contribution in [3.8, 4) is 0 Å². The lowest BCUT2D eigenvalue weighted by atomic mass is 9.93. The molecule has 1 saturated heterocycles. The van der Waals surface area contributed by atoms with Crippen molar-refractivity contribution in [1.82, 2.24) is 4.31 Å². The summed E-state index contributed by atoms with van der Waals surface area (Å²) in [5.41, 5.74) is 0. The third-order valence-electron chi connectivity index (χ3n) is 3.04. The van der Waals surface area contributed by atoms with Gasteiger partial charge in [-0.1, -0.05) is 19.9 Å². The monoisotopic (exact) mass is 217 g/mol. The molecule has 1 rings (SSSR count). The van der Waals surface area contributed by atoms with Crippen LogP contribution in [0.15, 0.2) is 12.0 Å². The zero-order chi connectivity index (χ0) is 10.8. The van der Waals surface area contributed by atoms with Gasteiger partial charge in [-0.3, -0.25) is 0 Å². The van der Waals surface area contributed by atoms with Crippen LogP contribution in [-0.2, 0) is 10.0 Å². The average molecular weight is 217 g/mol. The van der Waals surface area contributed by atoms with E-state index in [9.17, 15) is 8.42 Å². The van der Waals surface area contributed by atoms with Gasteiger partial charge in [-0.05, 0) is 25.7 Å². The van der Waals surface area contributed by atoms with Gasteiger partial charge in [-0.25, -0.2) is 8.42 Å². The molecule has 0 aromatic heterocycles. The zero-order valence-electron chi connectivity index (χ0n) is 8.94. The lowest BCUT2D eigenvalue weighted by Gasteiger charge is -2.35. The molecule has 0 bridgehead atoms. The molecule has 0 spiro atoms. The highest BCUT2D eigenvalue weighted by molar-refractivity contribution is 7.92. The molecule has 1 heterocycles. The fourth-order valence-electron chi connectivity index (χ4n) is 1.93. The Kier molecular flexibility index (Phi) is 3.72. The maximum absolute atomic E-state index is 11.6. The lowest BCUT2D eigenvalue weighted by molar-refractivity contribution is 0.205. The maximum atomic E-state index is 11.6. The van der Waals surface area contributed by atoms with Crippen LogP contribution in [0.5, 0.6) is 0 Å². The number of sulfonamides is 1. The Hall–Kier alpha value is -0.350. The molecular weight excluding hydrogens is 198 g/mol. The molecule has 0 amide bonds. The van der Waals surface area contributed by atoms with Crippen LogP contribution in [0.4, 0.5) is 0 Å². The van der Waals surface area contributed by atoms with Crippen molar-refractivity contribution in [1.29, 1.82) is 0 Å². The lowest BCUT2D eigenvalue weighted by Crippen LogP contribution is -2.44. The standard InChI is InChI=1S/C10H19NO2S/c1-4-10-7-6-9(3)11(8-10)14(12,13)5-2/h5,9-10H,2,4,6-8H2,1,3H3/t9-,10+/m0/s1. The predicted molar refractivity (Wildman–Crippen MR) is 58.3 cm³/mol. The van der Waals surface area contributed by atoms with Gasteiger partial charge in [0.15, 0.2) is 0 Å². The first-order valence-electron chi connectivity index (χ1n) is 5.15. The van der Waals surface area contributed by atoms with Crippen LogP contribution in [0.25, 0.3) is 0 Å². The third-order valence-corrected chi connectivity index (χ3v) is 4.62. The SMILES string of the molecule is C=CS(=O)(=O)N1C[C@H](CC)CC[C@@H]1C. The van der Waals surface area contributed by atoms with Crippen LogP contribution >= 0.6 is 0 Å². The Morgan fingerprint density at radius 2 is 2.14 bits per heavy atom. The molecule has 3 nitrogen and oxygen atoms in total. The minimum absolute atomic E-state index is 0.126.